The number of thioether (sulfide) groups is 1. The number of amides is 1. The molecule has 3 nitrogen and oxygen atoms in total. The van der Waals surface area contributed by atoms with E-state index in [9.17, 15) is 13.6 Å². The zero-order valence-electron chi connectivity index (χ0n) is 10.7. The van der Waals surface area contributed by atoms with Crippen LogP contribution in [0.4, 0.5) is 8.78 Å². The van der Waals surface area contributed by atoms with Gasteiger partial charge in [0.15, 0.2) is 16.0 Å². The minimum absolute atomic E-state index is 0.151. The normalized spacial score (nSPS) is 10.8. The fourth-order valence-corrected chi connectivity index (χ4v) is 3.80. The predicted molar refractivity (Wildman–Crippen MR) is 75.7 cm³/mol. The summed E-state index contributed by atoms with van der Waals surface area (Å²) in [5, 5.41) is 0. The van der Waals surface area contributed by atoms with E-state index in [2.05, 4.69) is 4.98 Å². The van der Waals surface area contributed by atoms with E-state index in [4.69, 9.17) is 5.73 Å². The number of hydrogen-bond acceptors (Lipinski definition) is 4. The number of nitrogens with zero attached hydrogens (tertiary/aromatic N) is 1. The number of benzene rings is 1. The van der Waals surface area contributed by atoms with E-state index in [1.165, 1.54) is 35.2 Å². The van der Waals surface area contributed by atoms with Crippen LogP contribution < -0.4 is 5.73 Å². The summed E-state index contributed by atoms with van der Waals surface area (Å²) in [6.07, 6.45) is 0.151. The first kappa shape index (κ1) is 14.9. The van der Waals surface area contributed by atoms with Gasteiger partial charge >= 0.3 is 0 Å². The Balaban J connectivity index is 2.07. The largest absolute Gasteiger partial charge is 0.369 e. The molecule has 1 aromatic heterocycles. The highest BCUT2D eigenvalue weighted by atomic mass is 32.2. The summed E-state index contributed by atoms with van der Waals surface area (Å²) in [4.78, 5) is 16.0. The summed E-state index contributed by atoms with van der Waals surface area (Å²) in [7, 11) is 0. The number of thiazole rings is 1. The molecule has 106 valence electrons. The molecule has 0 spiro atoms. The number of nitrogens with two attached hydrogens (primary N) is 1. The molecule has 0 bridgehead atoms. The molecule has 2 aromatic rings. The van der Waals surface area contributed by atoms with Gasteiger partial charge in [0.1, 0.15) is 0 Å². The molecule has 0 saturated carbocycles. The van der Waals surface area contributed by atoms with Crippen LogP contribution in [0.1, 0.15) is 16.1 Å². The van der Waals surface area contributed by atoms with Crippen LogP contribution in [0.15, 0.2) is 22.5 Å². The van der Waals surface area contributed by atoms with Crippen LogP contribution in [0.3, 0.4) is 0 Å². The molecule has 0 radical (unpaired) electrons. The molecule has 1 heterocycles. The van der Waals surface area contributed by atoms with Gasteiger partial charge in [0.05, 0.1) is 12.1 Å². The molecule has 0 fully saturated rings. The Morgan fingerprint density at radius 3 is 2.90 bits per heavy atom. The number of aryl methyl sites for hydroxylation is 1. The second kappa shape index (κ2) is 6.32. The first-order valence-electron chi connectivity index (χ1n) is 5.77. The number of rotatable bonds is 5. The predicted octanol–water partition coefficient (Wildman–Crippen LogP) is 3.05. The SMILES string of the molecule is Cc1nc(SCc2cccc(F)c2F)sc1CC(N)=O. The molecule has 7 heteroatoms. The summed E-state index contributed by atoms with van der Waals surface area (Å²) in [6.45, 7) is 1.79. The number of aromatic nitrogens is 1. The van der Waals surface area contributed by atoms with Gasteiger partial charge in [-0.15, -0.1) is 11.3 Å². The van der Waals surface area contributed by atoms with Crippen molar-refractivity contribution in [1.82, 2.24) is 4.98 Å². The number of halogens is 2. The lowest BCUT2D eigenvalue weighted by molar-refractivity contribution is -0.117. The van der Waals surface area contributed by atoms with Gasteiger partial charge in [0.2, 0.25) is 5.91 Å². The van der Waals surface area contributed by atoms with E-state index >= 15 is 0 Å². The van der Waals surface area contributed by atoms with E-state index in [-0.39, 0.29) is 12.2 Å². The summed E-state index contributed by atoms with van der Waals surface area (Å²) in [6, 6.07) is 4.10. The Hall–Kier alpha value is -1.47. The summed E-state index contributed by atoms with van der Waals surface area (Å²) in [5.41, 5.74) is 6.18. The molecule has 2 rings (SSSR count). The maximum atomic E-state index is 13.5. The smallest absolute Gasteiger partial charge is 0.222 e. The Kier molecular flexibility index (Phi) is 4.72. The quantitative estimate of drug-likeness (QED) is 0.863. The molecular formula is C13H12F2N2OS2. The van der Waals surface area contributed by atoms with Gasteiger partial charge < -0.3 is 5.73 Å². The topological polar surface area (TPSA) is 56.0 Å². The van der Waals surface area contributed by atoms with Gasteiger partial charge in [-0.2, -0.15) is 0 Å². The first-order chi connectivity index (χ1) is 9.47. The Morgan fingerprint density at radius 1 is 1.45 bits per heavy atom. The van der Waals surface area contributed by atoms with Crippen molar-refractivity contribution in [2.75, 3.05) is 0 Å². The molecule has 0 atom stereocenters. The van der Waals surface area contributed by atoms with Crippen LogP contribution in [-0.4, -0.2) is 10.9 Å². The molecule has 0 unspecified atom stereocenters. The lowest BCUT2D eigenvalue weighted by Crippen LogP contribution is -2.13. The van der Waals surface area contributed by atoms with Crippen LogP contribution >= 0.6 is 23.1 Å². The van der Waals surface area contributed by atoms with E-state index in [0.717, 1.165) is 16.6 Å². The van der Waals surface area contributed by atoms with Gasteiger partial charge in [-0.1, -0.05) is 23.9 Å². The van der Waals surface area contributed by atoms with Gasteiger partial charge in [-0.25, -0.2) is 13.8 Å². The van der Waals surface area contributed by atoms with Crippen LogP contribution in [0.2, 0.25) is 0 Å². The van der Waals surface area contributed by atoms with E-state index < -0.39 is 17.5 Å². The number of hydrogen-bond donors (Lipinski definition) is 1. The van der Waals surface area contributed by atoms with Gasteiger partial charge in [0, 0.05) is 16.2 Å². The molecule has 1 amide bonds. The van der Waals surface area contributed by atoms with Crippen molar-refractivity contribution in [2.45, 2.75) is 23.4 Å². The lowest BCUT2D eigenvalue weighted by atomic mass is 10.2. The number of carbonyl (C=O) groups is 1. The van der Waals surface area contributed by atoms with Crippen molar-refractivity contribution in [2.24, 2.45) is 5.73 Å². The molecule has 0 aliphatic rings. The van der Waals surface area contributed by atoms with Crippen molar-refractivity contribution in [3.05, 3.63) is 46.0 Å². The molecule has 0 aliphatic carbocycles. The summed E-state index contributed by atoms with van der Waals surface area (Å²) in [5.74, 6) is -1.81. The number of carbonyl (C=O) groups excluding carboxylic acids is 1. The Bertz CT molecular complexity index is 643. The van der Waals surface area contributed by atoms with Gasteiger partial charge in [0.25, 0.3) is 0 Å². The van der Waals surface area contributed by atoms with Crippen molar-refractivity contribution in [1.29, 1.82) is 0 Å². The number of primary amides is 1. The highest BCUT2D eigenvalue weighted by Crippen LogP contribution is 2.30. The lowest BCUT2D eigenvalue weighted by Gasteiger charge is -2.01. The fourth-order valence-electron chi connectivity index (χ4n) is 1.58. The van der Waals surface area contributed by atoms with Crippen molar-refractivity contribution in [3.8, 4) is 0 Å². The highest BCUT2D eigenvalue weighted by Gasteiger charge is 2.12. The van der Waals surface area contributed by atoms with Crippen LogP contribution in [0, 0.1) is 18.6 Å². The zero-order valence-corrected chi connectivity index (χ0v) is 12.3. The Morgan fingerprint density at radius 2 is 2.20 bits per heavy atom. The molecule has 0 saturated heterocycles. The van der Waals surface area contributed by atoms with Crippen molar-refractivity contribution >= 4 is 29.0 Å². The van der Waals surface area contributed by atoms with E-state index in [1.54, 1.807) is 6.92 Å². The monoisotopic (exact) mass is 314 g/mol. The standard InChI is InChI=1S/C13H12F2N2OS2/c1-7-10(5-11(16)18)20-13(17-7)19-6-8-3-2-4-9(14)12(8)15/h2-4H,5-6H2,1H3,(H2,16,18). The van der Waals surface area contributed by atoms with Crippen molar-refractivity contribution < 1.29 is 13.6 Å². The minimum Gasteiger partial charge on any atom is -0.369 e. The third kappa shape index (κ3) is 3.55. The average Bonchev–Trinajstić information content (AvgIpc) is 2.71. The zero-order chi connectivity index (χ0) is 14.7. The first-order valence-corrected chi connectivity index (χ1v) is 7.58. The maximum absolute atomic E-state index is 13.5. The third-order valence-electron chi connectivity index (χ3n) is 2.59. The highest BCUT2D eigenvalue weighted by molar-refractivity contribution is 8.00. The summed E-state index contributed by atoms with van der Waals surface area (Å²) < 4.78 is 27.3. The van der Waals surface area contributed by atoms with Crippen LogP contribution in [0.25, 0.3) is 0 Å². The van der Waals surface area contributed by atoms with Crippen LogP contribution in [-0.2, 0) is 17.0 Å². The summed E-state index contributed by atoms with van der Waals surface area (Å²) >= 11 is 2.66. The van der Waals surface area contributed by atoms with Crippen molar-refractivity contribution in [3.63, 3.8) is 0 Å². The Labute approximate surface area is 123 Å². The third-order valence-corrected chi connectivity index (χ3v) is 4.94. The molecule has 2 N–H and O–H groups in total. The van der Waals surface area contributed by atoms with E-state index in [1.807, 2.05) is 0 Å². The maximum Gasteiger partial charge on any atom is 0.222 e. The fraction of sp³-hybridized carbons (Fsp3) is 0.231. The second-order valence-corrected chi connectivity index (χ2v) is 6.44. The average molecular weight is 314 g/mol. The molecule has 1 aromatic carbocycles. The molecule has 20 heavy (non-hydrogen) atoms. The molecular weight excluding hydrogens is 302 g/mol. The second-order valence-electron chi connectivity index (χ2n) is 4.13. The van der Waals surface area contributed by atoms with Gasteiger partial charge in [-0.3, -0.25) is 4.79 Å². The minimum atomic E-state index is -0.854. The molecule has 0 aliphatic heterocycles. The van der Waals surface area contributed by atoms with Gasteiger partial charge in [-0.05, 0) is 13.0 Å². The van der Waals surface area contributed by atoms with E-state index in [0.29, 0.717) is 9.90 Å². The van der Waals surface area contributed by atoms with Crippen LogP contribution in [0.5, 0.6) is 0 Å².